The van der Waals surface area contributed by atoms with Crippen LogP contribution < -0.4 is 16.2 Å². The van der Waals surface area contributed by atoms with Crippen LogP contribution in [0.3, 0.4) is 0 Å². The molecule has 1 fully saturated rings. The standard InChI is InChI=1S/C22H30N4O3S2/c1-3-4-5-6-12-26-20(28)17-15-8-7-9-16(15)31-19(17)25-22(26)30-13(2)18(27)24-21(29)23-14-10-11-14/h13-14H,3-12H2,1-2H3,(H2,23,24,27,29). The minimum Gasteiger partial charge on any atom is -0.335 e. The number of carbonyl (C=O) groups excluding carboxylic acids is 2. The molecule has 1 saturated carbocycles. The molecule has 1 unspecified atom stereocenters. The topological polar surface area (TPSA) is 93.1 Å². The van der Waals surface area contributed by atoms with Crippen molar-refractivity contribution in [3.63, 3.8) is 0 Å². The van der Waals surface area contributed by atoms with Crippen molar-refractivity contribution in [2.75, 3.05) is 0 Å². The minimum absolute atomic E-state index is 0.0162. The smallest absolute Gasteiger partial charge is 0.321 e. The summed E-state index contributed by atoms with van der Waals surface area (Å²) in [5.74, 6) is -0.372. The molecule has 7 nitrogen and oxygen atoms in total. The van der Waals surface area contributed by atoms with Crippen LogP contribution in [0.4, 0.5) is 4.79 Å². The van der Waals surface area contributed by atoms with Crippen molar-refractivity contribution in [2.45, 2.75) is 94.6 Å². The van der Waals surface area contributed by atoms with E-state index in [1.165, 1.54) is 22.2 Å². The van der Waals surface area contributed by atoms with E-state index in [-0.39, 0.29) is 17.5 Å². The number of imide groups is 1. The maximum atomic E-state index is 13.4. The van der Waals surface area contributed by atoms with E-state index in [2.05, 4.69) is 17.6 Å². The van der Waals surface area contributed by atoms with Gasteiger partial charge in [0.1, 0.15) is 4.83 Å². The first-order chi connectivity index (χ1) is 15.0. The zero-order valence-electron chi connectivity index (χ0n) is 18.2. The number of fused-ring (bicyclic) bond motifs is 3. The van der Waals surface area contributed by atoms with Gasteiger partial charge in [0.05, 0.1) is 10.6 Å². The molecular weight excluding hydrogens is 432 g/mol. The Balaban J connectivity index is 1.56. The maximum Gasteiger partial charge on any atom is 0.321 e. The lowest BCUT2D eigenvalue weighted by atomic mass is 10.2. The molecule has 2 aromatic rings. The Hall–Kier alpha value is -1.87. The summed E-state index contributed by atoms with van der Waals surface area (Å²) in [6, 6.07) is -0.260. The molecule has 2 N–H and O–H groups in total. The van der Waals surface area contributed by atoms with Gasteiger partial charge in [-0.25, -0.2) is 9.78 Å². The Morgan fingerprint density at radius 3 is 2.81 bits per heavy atom. The second kappa shape index (κ2) is 9.73. The number of rotatable bonds is 9. The lowest BCUT2D eigenvalue weighted by Gasteiger charge is -2.16. The quantitative estimate of drug-likeness (QED) is 0.334. The van der Waals surface area contributed by atoms with Crippen LogP contribution in [0.5, 0.6) is 0 Å². The second-order valence-electron chi connectivity index (χ2n) is 8.45. The van der Waals surface area contributed by atoms with E-state index < -0.39 is 11.3 Å². The fraction of sp³-hybridized carbons (Fsp3) is 0.636. The highest BCUT2D eigenvalue weighted by Gasteiger charge is 2.27. The molecule has 0 radical (unpaired) electrons. The molecule has 2 aliphatic carbocycles. The number of aromatic nitrogens is 2. The Bertz CT molecular complexity index is 1040. The van der Waals surface area contributed by atoms with Gasteiger partial charge in [0.15, 0.2) is 5.16 Å². The van der Waals surface area contributed by atoms with E-state index in [1.807, 2.05) is 0 Å². The molecule has 2 heterocycles. The molecule has 2 aliphatic rings. The van der Waals surface area contributed by atoms with Gasteiger partial charge < -0.3 is 5.32 Å². The molecular formula is C22H30N4O3S2. The van der Waals surface area contributed by atoms with Crippen LogP contribution >= 0.6 is 23.1 Å². The number of thiophene rings is 1. The minimum atomic E-state index is -0.539. The number of amides is 3. The normalized spacial score (nSPS) is 16.3. The van der Waals surface area contributed by atoms with Gasteiger partial charge in [-0.1, -0.05) is 37.9 Å². The van der Waals surface area contributed by atoms with E-state index >= 15 is 0 Å². The third kappa shape index (κ3) is 5.14. The van der Waals surface area contributed by atoms with Crippen molar-refractivity contribution in [3.8, 4) is 0 Å². The van der Waals surface area contributed by atoms with Gasteiger partial charge in [-0.05, 0) is 51.0 Å². The molecule has 0 aliphatic heterocycles. The van der Waals surface area contributed by atoms with Gasteiger partial charge in [-0.3, -0.25) is 19.5 Å². The largest absolute Gasteiger partial charge is 0.335 e. The molecule has 0 saturated heterocycles. The summed E-state index contributed by atoms with van der Waals surface area (Å²) in [6.07, 6.45) is 9.23. The van der Waals surface area contributed by atoms with Crippen LogP contribution in [-0.4, -0.2) is 32.8 Å². The summed E-state index contributed by atoms with van der Waals surface area (Å²) in [4.78, 5) is 44.8. The third-order valence-corrected chi connectivity index (χ3v) is 8.10. The number of aryl methyl sites for hydroxylation is 2. The molecule has 168 valence electrons. The number of nitrogens with zero attached hydrogens (tertiary/aromatic N) is 2. The van der Waals surface area contributed by atoms with Crippen LogP contribution in [0, 0.1) is 0 Å². The van der Waals surface area contributed by atoms with E-state index in [1.54, 1.807) is 22.8 Å². The summed E-state index contributed by atoms with van der Waals surface area (Å²) in [6.45, 7) is 4.51. The molecule has 0 spiro atoms. The van der Waals surface area contributed by atoms with Crippen LogP contribution in [0.25, 0.3) is 10.2 Å². The molecule has 4 rings (SSSR count). The predicted molar refractivity (Wildman–Crippen MR) is 125 cm³/mol. The van der Waals surface area contributed by atoms with Crippen molar-refractivity contribution in [2.24, 2.45) is 0 Å². The van der Waals surface area contributed by atoms with Crippen LogP contribution in [0.1, 0.15) is 69.2 Å². The molecule has 0 aromatic carbocycles. The van der Waals surface area contributed by atoms with E-state index in [9.17, 15) is 14.4 Å². The van der Waals surface area contributed by atoms with Gasteiger partial charge >= 0.3 is 6.03 Å². The SMILES string of the molecule is CCCCCCn1c(SC(C)C(=O)NC(=O)NC2CC2)nc2sc3c(c2c1=O)CCC3. The summed E-state index contributed by atoms with van der Waals surface area (Å²) >= 11 is 2.87. The number of hydrogen-bond acceptors (Lipinski definition) is 6. The van der Waals surface area contributed by atoms with Crippen LogP contribution in [-0.2, 0) is 24.2 Å². The van der Waals surface area contributed by atoms with Crippen molar-refractivity contribution < 1.29 is 9.59 Å². The van der Waals surface area contributed by atoms with Gasteiger partial charge in [0, 0.05) is 17.5 Å². The summed E-state index contributed by atoms with van der Waals surface area (Å²) in [5.41, 5.74) is 1.20. The maximum absolute atomic E-state index is 13.4. The van der Waals surface area contributed by atoms with E-state index in [0.29, 0.717) is 11.7 Å². The predicted octanol–water partition coefficient (Wildman–Crippen LogP) is 4.00. The van der Waals surface area contributed by atoms with Crippen molar-refractivity contribution in [1.82, 2.24) is 20.2 Å². The zero-order chi connectivity index (χ0) is 22.0. The molecule has 3 amide bonds. The highest BCUT2D eigenvalue weighted by atomic mass is 32.2. The van der Waals surface area contributed by atoms with E-state index in [0.717, 1.165) is 68.0 Å². The summed E-state index contributed by atoms with van der Waals surface area (Å²) < 4.78 is 1.75. The van der Waals surface area contributed by atoms with E-state index in [4.69, 9.17) is 4.98 Å². The number of thioether (sulfide) groups is 1. The number of carbonyl (C=O) groups is 2. The monoisotopic (exact) mass is 462 g/mol. The fourth-order valence-electron chi connectivity index (χ4n) is 3.92. The van der Waals surface area contributed by atoms with Gasteiger partial charge in [-0.15, -0.1) is 11.3 Å². The average Bonchev–Trinajstić information content (AvgIpc) is 3.29. The first kappa shape index (κ1) is 22.3. The van der Waals surface area contributed by atoms with Gasteiger partial charge in [0.25, 0.3) is 5.56 Å². The number of unbranched alkanes of at least 4 members (excludes halogenated alkanes) is 3. The van der Waals surface area contributed by atoms with Crippen molar-refractivity contribution >= 4 is 45.3 Å². The van der Waals surface area contributed by atoms with Crippen LogP contribution in [0.2, 0.25) is 0 Å². The summed E-state index contributed by atoms with van der Waals surface area (Å²) in [5, 5.41) is 5.98. The molecule has 31 heavy (non-hydrogen) atoms. The Labute approximate surface area is 190 Å². The highest BCUT2D eigenvalue weighted by molar-refractivity contribution is 8.00. The zero-order valence-corrected chi connectivity index (χ0v) is 19.8. The number of nitrogens with one attached hydrogen (secondary N) is 2. The average molecular weight is 463 g/mol. The van der Waals surface area contributed by atoms with Gasteiger partial charge in [0.2, 0.25) is 5.91 Å². The molecule has 1 atom stereocenters. The Kier molecular flexibility index (Phi) is 7.01. The van der Waals surface area contributed by atoms with Crippen molar-refractivity contribution in [3.05, 3.63) is 20.8 Å². The fourth-order valence-corrected chi connectivity index (χ4v) is 6.15. The van der Waals surface area contributed by atoms with Crippen molar-refractivity contribution in [1.29, 1.82) is 0 Å². The number of urea groups is 1. The molecule has 0 bridgehead atoms. The first-order valence-electron chi connectivity index (χ1n) is 11.3. The number of hydrogen-bond donors (Lipinski definition) is 2. The highest BCUT2D eigenvalue weighted by Crippen LogP contribution is 2.36. The van der Waals surface area contributed by atoms with Gasteiger partial charge in [-0.2, -0.15) is 0 Å². The second-order valence-corrected chi connectivity index (χ2v) is 10.8. The molecule has 2 aromatic heterocycles. The Morgan fingerprint density at radius 2 is 2.06 bits per heavy atom. The summed E-state index contributed by atoms with van der Waals surface area (Å²) in [7, 11) is 0. The lowest BCUT2D eigenvalue weighted by Crippen LogP contribution is -2.43. The first-order valence-corrected chi connectivity index (χ1v) is 13.0. The lowest BCUT2D eigenvalue weighted by molar-refractivity contribution is -0.119. The van der Waals surface area contributed by atoms with Crippen LogP contribution in [0.15, 0.2) is 9.95 Å². The Morgan fingerprint density at radius 1 is 1.26 bits per heavy atom. The third-order valence-electron chi connectivity index (χ3n) is 5.83. The molecule has 9 heteroatoms.